The van der Waals surface area contributed by atoms with Crippen LogP contribution in [-0.2, 0) is 9.59 Å². The van der Waals surface area contributed by atoms with Crippen molar-refractivity contribution < 1.29 is 9.59 Å². The molecule has 0 saturated carbocycles. The van der Waals surface area contributed by atoms with E-state index in [2.05, 4.69) is 0 Å². The lowest BCUT2D eigenvalue weighted by atomic mass is 10.2. The van der Waals surface area contributed by atoms with Crippen molar-refractivity contribution in [2.75, 3.05) is 10.7 Å². The van der Waals surface area contributed by atoms with Gasteiger partial charge in [0.25, 0.3) is 0 Å². The van der Waals surface area contributed by atoms with Crippen molar-refractivity contribution in [2.45, 2.75) is 12.5 Å². The Morgan fingerprint density at radius 1 is 1.57 bits per heavy atom. The molecule has 1 aliphatic heterocycles. The fourth-order valence-corrected chi connectivity index (χ4v) is 3.15. The van der Waals surface area contributed by atoms with E-state index in [1.807, 2.05) is 17.5 Å². The maximum atomic E-state index is 11.4. The molecule has 0 N–H and O–H groups in total. The van der Waals surface area contributed by atoms with E-state index in [1.165, 1.54) is 28.0 Å². The van der Waals surface area contributed by atoms with Crippen LogP contribution in [0.4, 0.5) is 5.00 Å². The van der Waals surface area contributed by atoms with Crippen LogP contribution in [0, 0.1) is 0 Å². The van der Waals surface area contributed by atoms with Crippen LogP contribution in [0.3, 0.4) is 0 Å². The maximum Gasteiger partial charge on any atom is 0.215 e. The van der Waals surface area contributed by atoms with Crippen molar-refractivity contribution in [3.63, 3.8) is 0 Å². The second-order valence-corrected chi connectivity index (χ2v) is 4.96. The van der Waals surface area contributed by atoms with Gasteiger partial charge in [-0.05, 0) is 23.9 Å². The molecule has 0 spiro atoms. The first-order valence-corrected chi connectivity index (χ1v) is 6.13. The number of rotatable bonds is 3. The molecule has 14 heavy (non-hydrogen) atoms. The lowest BCUT2D eigenvalue weighted by Crippen LogP contribution is -2.36. The Morgan fingerprint density at radius 2 is 2.43 bits per heavy atom. The highest BCUT2D eigenvalue weighted by Gasteiger charge is 2.31. The normalized spacial score (nSPS) is 21.1. The van der Waals surface area contributed by atoms with Crippen LogP contribution in [0.5, 0.6) is 0 Å². The largest absolute Gasteiger partial charge is 0.295 e. The third kappa shape index (κ3) is 1.69. The molecule has 0 aromatic carbocycles. The Morgan fingerprint density at radius 3 is 2.93 bits per heavy atom. The molecule has 1 aliphatic rings. The second kappa shape index (κ2) is 4.14. The fraction of sp³-hybridized carbons (Fsp3) is 0.333. The van der Waals surface area contributed by atoms with Crippen LogP contribution in [0.15, 0.2) is 17.5 Å². The number of hydrogen-bond donors (Lipinski definition) is 0. The van der Waals surface area contributed by atoms with E-state index < -0.39 is 0 Å². The zero-order valence-electron chi connectivity index (χ0n) is 7.38. The number of thiophene rings is 1. The average molecular weight is 227 g/mol. The van der Waals surface area contributed by atoms with Crippen molar-refractivity contribution >= 4 is 39.6 Å². The van der Waals surface area contributed by atoms with E-state index in [0.717, 1.165) is 23.6 Å². The molecule has 0 aliphatic carbocycles. The molecule has 1 aromatic rings. The first-order chi connectivity index (χ1) is 6.83. The number of carbonyl (C=O) groups excluding carboxylic acids is 2. The van der Waals surface area contributed by atoms with Crippen molar-refractivity contribution in [2.24, 2.45) is 0 Å². The van der Waals surface area contributed by atoms with Crippen molar-refractivity contribution in [1.29, 1.82) is 0 Å². The molecule has 1 atom stereocenters. The number of nitrogens with zero attached hydrogens (tertiary/aromatic N) is 1. The number of amides is 1. The Kier molecular flexibility index (Phi) is 2.88. The maximum absolute atomic E-state index is 11.4. The average Bonchev–Trinajstić information content (AvgIpc) is 2.80. The summed E-state index contributed by atoms with van der Waals surface area (Å²) in [4.78, 5) is 23.9. The first kappa shape index (κ1) is 9.73. The predicted octanol–water partition coefficient (Wildman–Crippen LogP) is 1.74. The van der Waals surface area contributed by atoms with Gasteiger partial charge in [0.15, 0.2) is 0 Å². The molecular formula is C9H9NO2S2. The van der Waals surface area contributed by atoms with Gasteiger partial charge in [0, 0.05) is 5.75 Å². The van der Waals surface area contributed by atoms with Crippen LogP contribution >= 0.6 is 23.1 Å². The molecular weight excluding hydrogens is 218 g/mol. The Hall–Kier alpha value is -0.810. The minimum Gasteiger partial charge on any atom is -0.295 e. The Labute approximate surface area is 90.1 Å². The third-order valence-corrected chi connectivity index (χ3v) is 4.00. The highest BCUT2D eigenvalue weighted by Crippen LogP contribution is 2.29. The summed E-state index contributed by atoms with van der Waals surface area (Å²) in [7, 11) is 0. The van der Waals surface area contributed by atoms with E-state index in [4.69, 9.17) is 0 Å². The predicted molar refractivity (Wildman–Crippen MR) is 58.7 cm³/mol. The van der Waals surface area contributed by atoms with Crippen molar-refractivity contribution in [3.05, 3.63) is 17.5 Å². The minimum atomic E-state index is -0.254. The van der Waals surface area contributed by atoms with E-state index in [1.54, 1.807) is 0 Å². The summed E-state index contributed by atoms with van der Waals surface area (Å²) in [5.41, 5.74) is 0. The molecule has 1 aromatic heterocycles. The molecule has 5 heteroatoms. The van der Waals surface area contributed by atoms with Gasteiger partial charge in [-0.1, -0.05) is 11.8 Å². The summed E-state index contributed by atoms with van der Waals surface area (Å²) in [6.07, 6.45) is 1.51. The topological polar surface area (TPSA) is 37.4 Å². The molecule has 3 nitrogen and oxygen atoms in total. The summed E-state index contributed by atoms with van der Waals surface area (Å²) in [6, 6.07) is 3.48. The third-order valence-electron chi connectivity index (χ3n) is 2.12. The first-order valence-electron chi connectivity index (χ1n) is 4.26. The van der Waals surface area contributed by atoms with Gasteiger partial charge in [0.1, 0.15) is 6.04 Å². The fourth-order valence-electron chi connectivity index (χ4n) is 1.43. The Bertz CT molecular complexity index is 337. The van der Waals surface area contributed by atoms with Gasteiger partial charge in [-0.2, -0.15) is 0 Å². The quantitative estimate of drug-likeness (QED) is 0.738. The van der Waals surface area contributed by atoms with Crippen molar-refractivity contribution in [1.82, 2.24) is 0 Å². The second-order valence-electron chi connectivity index (χ2n) is 2.94. The highest BCUT2D eigenvalue weighted by atomic mass is 32.2. The summed E-state index contributed by atoms with van der Waals surface area (Å²) in [5.74, 6) is 0.819. The number of thioether (sulfide) groups is 1. The van der Waals surface area contributed by atoms with Crippen LogP contribution in [0.25, 0.3) is 0 Å². The lowest BCUT2D eigenvalue weighted by molar-refractivity contribution is -0.114. The summed E-state index contributed by atoms with van der Waals surface area (Å²) >= 11 is 2.79. The van der Waals surface area contributed by atoms with E-state index in [0.29, 0.717) is 0 Å². The van der Waals surface area contributed by atoms with Gasteiger partial charge in [-0.3, -0.25) is 14.5 Å². The van der Waals surface area contributed by atoms with E-state index >= 15 is 0 Å². The van der Waals surface area contributed by atoms with Gasteiger partial charge < -0.3 is 0 Å². The van der Waals surface area contributed by atoms with Crippen molar-refractivity contribution in [3.8, 4) is 0 Å². The molecule has 0 bridgehead atoms. The smallest absolute Gasteiger partial charge is 0.215 e. The Balaban J connectivity index is 2.21. The SMILES string of the molecule is O=CN(c1cccs1)C1CCSC1=O. The zero-order chi connectivity index (χ0) is 9.97. The lowest BCUT2D eigenvalue weighted by Gasteiger charge is -2.20. The standard InChI is InChI=1S/C9H9NO2S2/c11-6-10(8-2-1-4-13-8)7-3-5-14-9(7)12/h1-2,4,6-7H,3,5H2. The number of carbonyl (C=O) groups is 2. The van der Waals surface area contributed by atoms with E-state index in [-0.39, 0.29) is 11.2 Å². The summed E-state index contributed by atoms with van der Waals surface area (Å²) in [5, 5.41) is 2.85. The molecule has 1 amide bonds. The van der Waals surface area contributed by atoms with Gasteiger partial charge in [0.05, 0.1) is 5.00 Å². The molecule has 74 valence electrons. The summed E-state index contributed by atoms with van der Waals surface area (Å²) in [6.45, 7) is 0. The van der Waals surface area contributed by atoms with Crippen LogP contribution < -0.4 is 4.90 Å². The van der Waals surface area contributed by atoms with Crippen LogP contribution in [0.1, 0.15) is 6.42 Å². The van der Waals surface area contributed by atoms with Crippen LogP contribution in [-0.4, -0.2) is 23.3 Å². The number of anilines is 1. The monoisotopic (exact) mass is 227 g/mol. The van der Waals surface area contributed by atoms with E-state index in [9.17, 15) is 9.59 Å². The molecule has 1 unspecified atom stereocenters. The van der Waals surface area contributed by atoms with Gasteiger partial charge >= 0.3 is 0 Å². The molecule has 1 fully saturated rings. The van der Waals surface area contributed by atoms with Gasteiger partial charge in [-0.25, -0.2) is 0 Å². The molecule has 2 heterocycles. The minimum absolute atomic E-state index is 0.102. The van der Waals surface area contributed by atoms with Gasteiger partial charge in [0.2, 0.25) is 11.5 Å². The number of hydrogen-bond acceptors (Lipinski definition) is 4. The van der Waals surface area contributed by atoms with Gasteiger partial charge in [-0.15, -0.1) is 11.3 Å². The van der Waals surface area contributed by atoms with Crippen LogP contribution in [0.2, 0.25) is 0 Å². The summed E-state index contributed by atoms with van der Waals surface area (Å²) < 4.78 is 0. The molecule has 2 rings (SSSR count). The highest BCUT2D eigenvalue weighted by molar-refractivity contribution is 8.14. The molecule has 0 radical (unpaired) electrons. The molecule has 1 saturated heterocycles. The zero-order valence-corrected chi connectivity index (χ0v) is 9.01.